The van der Waals surface area contributed by atoms with Gasteiger partial charge in [0, 0.05) is 36.6 Å². The lowest BCUT2D eigenvalue weighted by Crippen LogP contribution is -2.55. The molecule has 1 fully saturated rings. The molecule has 3 N–H and O–H groups in total. The number of carbonyl (C=O) groups excluding carboxylic acids is 1. The number of amides is 1. The number of nitrogens with zero attached hydrogens (tertiary/aromatic N) is 4. The van der Waals surface area contributed by atoms with E-state index in [-0.39, 0.29) is 23.4 Å². The SMILES string of the molecule is CSc1nc(Nc2ccc(Cl)cc2)c([N+](=O)[O-])c(N2CCC(OC(C)C)(C(N)=O)CC2)n1. The zero-order chi connectivity index (χ0) is 23.5. The summed E-state index contributed by atoms with van der Waals surface area (Å²) in [6.07, 6.45) is 2.22. The van der Waals surface area contributed by atoms with Crippen molar-refractivity contribution in [2.75, 3.05) is 29.6 Å². The van der Waals surface area contributed by atoms with Gasteiger partial charge in [0.05, 0.1) is 11.0 Å². The van der Waals surface area contributed by atoms with E-state index in [4.69, 9.17) is 22.1 Å². The van der Waals surface area contributed by atoms with Crippen LogP contribution in [0.5, 0.6) is 0 Å². The van der Waals surface area contributed by atoms with Gasteiger partial charge >= 0.3 is 5.69 Å². The Labute approximate surface area is 195 Å². The van der Waals surface area contributed by atoms with Gasteiger partial charge in [-0.3, -0.25) is 14.9 Å². The van der Waals surface area contributed by atoms with Crippen LogP contribution in [0.15, 0.2) is 29.4 Å². The van der Waals surface area contributed by atoms with E-state index in [1.807, 2.05) is 13.8 Å². The van der Waals surface area contributed by atoms with E-state index >= 15 is 0 Å². The molecule has 0 spiro atoms. The average Bonchev–Trinajstić information content (AvgIpc) is 2.74. The molecule has 1 amide bonds. The lowest BCUT2D eigenvalue weighted by molar-refractivity contribution is -0.383. The number of hydrogen-bond acceptors (Lipinski definition) is 9. The number of rotatable bonds is 8. The number of nitrogens with one attached hydrogen (secondary N) is 1. The molecule has 2 aromatic rings. The van der Waals surface area contributed by atoms with Crippen LogP contribution in [-0.4, -0.2) is 51.8 Å². The fourth-order valence-electron chi connectivity index (χ4n) is 3.61. The highest BCUT2D eigenvalue weighted by Crippen LogP contribution is 2.39. The standard InChI is InChI=1S/C20H25ClN6O4S/c1-12(2)31-20(18(22)28)8-10-26(11-9-20)17-15(27(29)30)16(24-19(25-17)32-3)23-14-6-4-13(21)5-7-14/h4-7,12H,8-11H2,1-3H3,(H2,22,28)(H,23,24,25). The molecule has 1 saturated heterocycles. The van der Waals surface area contributed by atoms with Crippen molar-refractivity contribution in [3.63, 3.8) is 0 Å². The van der Waals surface area contributed by atoms with Crippen LogP contribution in [0.1, 0.15) is 26.7 Å². The number of anilines is 3. The van der Waals surface area contributed by atoms with Crippen LogP contribution in [0.3, 0.4) is 0 Å². The van der Waals surface area contributed by atoms with Gasteiger partial charge in [-0.1, -0.05) is 23.4 Å². The van der Waals surface area contributed by atoms with Crippen LogP contribution in [0, 0.1) is 10.1 Å². The summed E-state index contributed by atoms with van der Waals surface area (Å²) in [5.41, 5.74) is 4.90. The summed E-state index contributed by atoms with van der Waals surface area (Å²) in [6.45, 7) is 4.32. The third-order valence-corrected chi connectivity index (χ3v) is 5.90. The number of hydrogen-bond donors (Lipinski definition) is 2. The van der Waals surface area contributed by atoms with E-state index in [1.165, 1.54) is 11.8 Å². The van der Waals surface area contributed by atoms with E-state index < -0.39 is 16.4 Å². The summed E-state index contributed by atoms with van der Waals surface area (Å²) < 4.78 is 5.86. The zero-order valence-electron chi connectivity index (χ0n) is 18.0. The third kappa shape index (κ3) is 5.22. The van der Waals surface area contributed by atoms with E-state index in [1.54, 1.807) is 35.4 Å². The van der Waals surface area contributed by atoms with E-state index in [9.17, 15) is 14.9 Å². The van der Waals surface area contributed by atoms with Gasteiger partial charge in [0.1, 0.15) is 5.60 Å². The van der Waals surface area contributed by atoms with Crippen molar-refractivity contribution in [2.45, 2.75) is 43.6 Å². The third-order valence-electron chi connectivity index (χ3n) is 5.10. The summed E-state index contributed by atoms with van der Waals surface area (Å²) in [5, 5.41) is 16.0. The summed E-state index contributed by atoms with van der Waals surface area (Å²) in [6, 6.07) is 6.77. The second-order valence-electron chi connectivity index (χ2n) is 7.63. The molecule has 10 nitrogen and oxygen atoms in total. The number of thioether (sulfide) groups is 1. The van der Waals surface area contributed by atoms with Gasteiger partial charge in [0.25, 0.3) is 0 Å². The highest BCUT2D eigenvalue weighted by Gasteiger charge is 2.43. The molecule has 1 aliphatic heterocycles. The molecule has 3 rings (SSSR count). The van der Waals surface area contributed by atoms with Gasteiger partial charge in [-0.15, -0.1) is 0 Å². The maximum absolute atomic E-state index is 12.1. The van der Waals surface area contributed by atoms with Crippen LogP contribution in [0.2, 0.25) is 5.02 Å². The molecule has 0 unspecified atom stereocenters. The number of primary amides is 1. The predicted molar refractivity (Wildman–Crippen MR) is 125 cm³/mol. The van der Waals surface area contributed by atoms with Crippen LogP contribution < -0.4 is 16.0 Å². The Hall–Kier alpha value is -2.63. The first-order valence-corrected chi connectivity index (χ1v) is 11.6. The second kappa shape index (κ2) is 9.88. The fraction of sp³-hybridized carbons (Fsp3) is 0.450. The van der Waals surface area contributed by atoms with E-state index in [2.05, 4.69) is 15.3 Å². The number of benzene rings is 1. The number of nitro groups is 1. The first-order valence-electron chi connectivity index (χ1n) is 10.0. The van der Waals surface area contributed by atoms with Crippen molar-refractivity contribution >= 4 is 52.3 Å². The van der Waals surface area contributed by atoms with E-state index in [0.717, 1.165) is 0 Å². The van der Waals surface area contributed by atoms with Crippen LogP contribution >= 0.6 is 23.4 Å². The summed E-state index contributed by atoms with van der Waals surface area (Å²) in [4.78, 5) is 34.2. The van der Waals surface area contributed by atoms with Crippen LogP contribution in [0.25, 0.3) is 0 Å². The first kappa shape index (κ1) is 24.0. The average molecular weight is 481 g/mol. The Morgan fingerprint density at radius 2 is 1.94 bits per heavy atom. The molecule has 32 heavy (non-hydrogen) atoms. The van der Waals surface area contributed by atoms with Crippen molar-refractivity contribution in [3.8, 4) is 0 Å². The zero-order valence-corrected chi connectivity index (χ0v) is 19.6. The molecule has 0 aliphatic carbocycles. The van der Waals surface area contributed by atoms with Gasteiger partial charge in [-0.25, -0.2) is 0 Å². The maximum Gasteiger partial charge on any atom is 0.353 e. The molecule has 0 bridgehead atoms. The van der Waals surface area contributed by atoms with Gasteiger partial charge in [0.15, 0.2) is 5.16 Å². The molecular weight excluding hydrogens is 456 g/mol. The van der Waals surface area contributed by atoms with E-state index in [0.29, 0.717) is 41.8 Å². The number of piperidine rings is 1. The minimum absolute atomic E-state index is 0.0804. The molecule has 0 radical (unpaired) electrons. The quantitative estimate of drug-likeness (QED) is 0.250. The maximum atomic E-state index is 12.1. The lowest BCUT2D eigenvalue weighted by Gasteiger charge is -2.40. The Bertz CT molecular complexity index is 996. The Morgan fingerprint density at radius 3 is 2.44 bits per heavy atom. The lowest BCUT2D eigenvalue weighted by atomic mass is 9.90. The van der Waals surface area contributed by atoms with Gasteiger partial charge in [-0.05, 0) is 44.4 Å². The number of halogens is 1. The topological polar surface area (TPSA) is 137 Å². The number of carbonyl (C=O) groups is 1. The van der Waals surface area contributed by atoms with Gasteiger partial charge in [0.2, 0.25) is 17.5 Å². The second-order valence-corrected chi connectivity index (χ2v) is 8.84. The molecule has 0 atom stereocenters. The highest BCUT2D eigenvalue weighted by atomic mass is 35.5. The van der Waals surface area contributed by atoms with Crippen LogP contribution in [-0.2, 0) is 9.53 Å². The molecule has 1 aromatic carbocycles. The van der Waals surface area contributed by atoms with Crippen molar-refractivity contribution in [1.82, 2.24) is 9.97 Å². The summed E-state index contributed by atoms with van der Waals surface area (Å²) in [5.74, 6) is -0.261. The van der Waals surface area contributed by atoms with Crippen molar-refractivity contribution in [3.05, 3.63) is 39.4 Å². The number of ether oxygens (including phenoxy) is 1. The minimum Gasteiger partial charge on any atom is -0.367 e. The molecule has 1 aliphatic rings. The molecule has 0 saturated carbocycles. The Kier molecular flexibility index (Phi) is 7.42. The normalized spacial score (nSPS) is 15.6. The Morgan fingerprint density at radius 1 is 1.31 bits per heavy atom. The monoisotopic (exact) mass is 480 g/mol. The van der Waals surface area contributed by atoms with Gasteiger partial charge in [-0.2, -0.15) is 9.97 Å². The molecule has 172 valence electrons. The van der Waals surface area contributed by atoms with Crippen molar-refractivity contribution < 1.29 is 14.5 Å². The Balaban J connectivity index is 1.96. The minimum atomic E-state index is -1.10. The highest BCUT2D eigenvalue weighted by molar-refractivity contribution is 7.98. The molecule has 2 heterocycles. The largest absolute Gasteiger partial charge is 0.367 e. The van der Waals surface area contributed by atoms with Crippen molar-refractivity contribution in [2.24, 2.45) is 5.73 Å². The molecule has 12 heteroatoms. The number of nitrogens with two attached hydrogens (primary N) is 1. The predicted octanol–water partition coefficient (Wildman–Crippen LogP) is 3.75. The number of aromatic nitrogens is 2. The van der Waals surface area contributed by atoms with Crippen molar-refractivity contribution in [1.29, 1.82) is 0 Å². The summed E-state index contributed by atoms with van der Waals surface area (Å²) in [7, 11) is 0. The van der Waals surface area contributed by atoms with Crippen LogP contribution in [0.4, 0.5) is 23.0 Å². The summed E-state index contributed by atoms with van der Waals surface area (Å²) >= 11 is 7.21. The molecular formula is C20H25ClN6O4S. The van der Waals surface area contributed by atoms with Gasteiger partial charge < -0.3 is 20.7 Å². The first-order chi connectivity index (χ1) is 15.1. The fourth-order valence-corrected chi connectivity index (χ4v) is 4.10. The molecule has 1 aromatic heterocycles. The smallest absolute Gasteiger partial charge is 0.353 e.